The Hall–Kier alpha value is -3.10. The first-order valence-corrected chi connectivity index (χ1v) is 9.32. The molecule has 1 saturated heterocycles. The van der Waals surface area contributed by atoms with Crippen LogP contribution < -0.4 is 10.3 Å². The summed E-state index contributed by atoms with van der Waals surface area (Å²) in [6.07, 6.45) is 0. The fourth-order valence-electron chi connectivity index (χ4n) is 4.02. The highest BCUT2D eigenvalue weighted by molar-refractivity contribution is 6.02. The number of fused-ring (bicyclic) bond motifs is 5. The van der Waals surface area contributed by atoms with E-state index >= 15 is 0 Å². The van der Waals surface area contributed by atoms with Crippen molar-refractivity contribution in [3.63, 3.8) is 0 Å². The summed E-state index contributed by atoms with van der Waals surface area (Å²) in [5, 5.41) is 9.64. The minimum absolute atomic E-state index is 0. The third kappa shape index (κ3) is 2.91. The largest absolute Gasteiger partial charge is 0.477 e. The van der Waals surface area contributed by atoms with Crippen LogP contribution in [0.1, 0.15) is 10.4 Å². The number of oxazole rings is 1. The lowest BCUT2D eigenvalue weighted by Crippen LogP contribution is -2.44. The standard InChI is InChI=1S/C21H18FN3O4.ClH/c1-23-6-8-24(9-7-23)16-11-15-12(10-13(16)22)19(26)18(21(27)28)20-25(15)14-4-2-3-5-17(14)29-20;/h2-5,10-11H,6-9H2,1H3,(H,27,28);1H. The van der Waals surface area contributed by atoms with Crippen molar-refractivity contribution in [3.05, 3.63) is 58.0 Å². The number of carboxylic acids is 1. The smallest absolute Gasteiger partial charge is 0.345 e. The first-order chi connectivity index (χ1) is 14.0. The molecule has 1 fully saturated rings. The second-order valence-corrected chi connectivity index (χ2v) is 7.33. The van der Waals surface area contributed by atoms with Gasteiger partial charge < -0.3 is 19.3 Å². The molecule has 7 nitrogen and oxygen atoms in total. The summed E-state index contributed by atoms with van der Waals surface area (Å²) in [4.78, 5) is 28.8. The molecule has 0 spiro atoms. The fraction of sp³-hybridized carbons (Fsp3) is 0.238. The molecule has 0 bridgehead atoms. The molecular weight excluding hydrogens is 413 g/mol. The van der Waals surface area contributed by atoms with Gasteiger partial charge in [-0.25, -0.2) is 9.18 Å². The van der Waals surface area contributed by atoms with E-state index in [1.165, 1.54) is 0 Å². The number of pyridine rings is 1. The Balaban J connectivity index is 0.00000218. The Bertz CT molecular complexity index is 1360. The summed E-state index contributed by atoms with van der Waals surface area (Å²) in [5.41, 5.74) is 0.587. The maximum absolute atomic E-state index is 15.0. The normalized spacial score (nSPS) is 15.1. The van der Waals surface area contributed by atoms with Crippen LogP contribution in [0.3, 0.4) is 0 Å². The number of aromatic carboxylic acids is 1. The molecule has 0 amide bonds. The summed E-state index contributed by atoms with van der Waals surface area (Å²) < 4.78 is 22.3. The third-order valence-electron chi connectivity index (χ3n) is 5.57. The van der Waals surface area contributed by atoms with Crippen LogP contribution in [-0.2, 0) is 0 Å². The van der Waals surface area contributed by atoms with Crippen LogP contribution in [0.5, 0.6) is 0 Å². The maximum atomic E-state index is 15.0. The zero-order chi connectivity index (χ0) is 20.3. The molecule has 1 aliphatic rings. The second-order valence-electron chi connectivity index (χ2n) is 7.33. The van der Waals surface area contributed by atoms with E-state index in [1.54, 1.807) is 34.7 Å². The van der Waals surface area contributed by atoms with E-state index in [0.717, 1.165) is 19.2 Å². The molecule has 0 atom stereocenters. The number of rotatable bonds is 2. The predicted octanol–water partition coefficient (Wildman–Crippen LogP) is 3.21. The van der Waals surface area contributed by atoms with Crippen LogP contribution >= 0.6 is 12.4 Å². The van der Waals surface area contributed by atoms with Gasteiger partial charge in [0.15, 0.2) is 11.1 Å². The lowest BCUT2D eigenvalue weighted by Gasteiger charge is -2.34. The molecule has 30 heavy (non-hydrogen) atoms. The van der Waals surface area contributed by atoms with E-state index < -0.39 is 22.8 Å². The molecule has 2 aromatic heterocycles. The first kappa shape index (κ1) is 20.2. The molecule has 1 N–H and O–H groups in total. The van der Waals surface area contributed by atoms with Crippen LogP contribution in [0, 0.1) is 5.82 Å². The fourth-order valence-corrected chi connectivity index (χ4v) is 4.02. The van der Waals surface area contributed by atoms with Crippen molar-refractivity contribution >= 4 is 51.8 Å². The first-order valence-electron chi connectivity index (χ1n) is 9.32. The highest BCUT2D eigenvalue weighted by Crippen LogP contribution is 2.31. The van der Waals surface area contributed by atoms with E-state index in [9.17, 15) is 19.1 Å². The zero-order valence-corrected chi connectivity index (χ0v) is 16.9. The van der Waals surface area contributed by atoms with Gasteiger partial charge in [-0.15, -0.1) is 12.4 Å². The second kappa shape index (κ2) is 7.30. The van der Waals surface area contributed by atoms with Crippen molar-refractivity contribution in [2.75, 3.05) is 38.1 Å². The summed E-state index contributed by atoms with van der Waals surface area (Å²) in [6, 6.07) is 9.81. The van der Waals surface area contributed by atoms with E-state index in [1.807, 2.05) is 11.9 Å². The maximum Gasteiger partial charge on any atom is 0.345 e. The number of carboxylic acid groups (broad SMARTS) is 1. The topological polar surface area (TPSA) is 78.4 Å². The van der Waals surface area contributed by atoms with E-state index in [4.69, 9.17) is 4.42 Å². The van der Waals surface area contributed by atoms with Gasteiger partial charge in [0, 0.05) is 26.2 Å². The van der Waals surface area contributed by atoms with Gasteiger partial charge in [0.25, 0.3) is 0 Å². The molecule has 3 heterocycles. The molecule has 0 unspecified atom stereocenters. The number of piperazine rings is 1. The Morgan fingerprint density at radius 2 is 1.80 bits per heavy atom. The van der Waals surface area contributed by atoms with Crippen LogP contribution in [0.15, 0.2) is 45.6 Å². The Labute approximate surface area is 176 Å². The number of hydrogen-bond donors (Lipinski definition) is 1. The van der Waals surface area contributed by atoms with E-state index in [-0.39, 0.29) is 23.5 Å². The van der Waals surface area contributed by atoms with Crippen LogP contribution in [-0.4, -0.2) is 53.6 Å². The van der Waals surface area contributed by atoms with Crippen LogP contribution in [0.2, 0.25) is 0 Å². The van der Waals surface area contributed by atoms with Gasteiger partial charge in [0.2, 0.25) is 11.1 Å². The molecule has 4 aromatic rings. The van der Waals surface area contributed by atoms with Crippen molar-refractivity contribution in [3.8, 4) is 0 Å². The number of anilines is 1. The molecular formula is C21H19ClFN3O4. The number of halogens is 2. The third-order valence-corrected chi connectivity index (χ3v) is 5.57. The summed E-state index contributed by atoms with van der Waals surface area (Å²) >= 11 is 0. The van der Waals surface area contributed by atoms with Gasteiger partial charge in [0.05, 0.1) is 22.1 Å². The molecule has 0 aliphatic carbocycles. The van der Waals surface area contributed by atoms with Gasteiger partial charge in [0.1, 0.15) is 5.82 Å². The Morgan fingerprint density at radius 1 is 1.10 bits per heavy atom. The minimum atomic E-state index is -1.41. The lowest BCUT2D eigenvalue weighted by molar-refractivity contribution is 0.0696. The number of aromatic nitrogens is 1. The Kier molecular flexibility index (Phi) is 4.91. The summed E-state index contributed by atoms with van der Waals surface area (Å²) in [6.45, 7) is 2.94. The van der Waals surface area contributed by atoms with E-state index in [0.29, 0.717) is 35.4 Å². The molecule has 0 radical (unpaired) electrons. The zero-order valence-electron chi connectivity index (χ0n) is 16.1. The molecule has 2 aromatic carbocycles. The number of para-hydroxylation sites is 2. The van der Waals surface area contributed by atoms with E-state index in [2.05, 4.69) is 4.90 Å². The number of nitrogens with zero attached hydrogens (tertiary/aromatic N) is 3. The predicted molar refractivity (Wildman–Crippen MR) is 115 cm³/mol. The monoisotopic (exact) mass is 431 g/mol. The van der Waals surface area contributed by atoms with Crippen molar-refractivity contribution < 1.29 is 18.7 Å². The van der Waals surface area contributed by atoms with Crippen molar-refractivity contribution in [1.82, 2.24) is 9.30 Å². The summed E-state index contributed by atoms with van der Waals surface area (Å²) in [7, 11) is 2.02. The number of hydrogen-bond acceptors (Lipinski definition) is 5. The van der Waals surface area contributed by atoms with Gasteiger partial charge in [-0.1, -0.05) is 12.1 Å². The van der Waals surface area contributed by atoms with Crippen molar-refractivity contribution in [2.24, 2.45) is 0 Å². The van der Waals surface area contributed by atoms with Crippen molar-refractivity contribution in [1.29, 1.82) is 0 Å². The highest BCUT2D eigenvalue weighted by atomic mass is 35.5. The number of benzene rings is 2. The lowest BCUT2D eigenvalue weighted by atomic mass is 10.1. The molecule has 5 rings (SSSR count). The van der Waals surface area contributed by atoms with Gasteiger partial charge >= 0.3 is 5.97 Å². The summed E-state index contributed by atoms with van der Waals surface area (Å²) in [5.74, 6) is -1.94. The van der Waals surface area contributed by atoms with Gasteiger partial charge in [-0.2, -0.15) is 0 Å². The van der Waals surface area contributed by atoms with Gasteiger partial charge in [-0.3, -0.25) is 9.20 Å². The van der Waals surface area contributed by atoms with Crippen LogP contribution in [0.25, 0.3) is 27.7 Å². The molecule has 9 heteroatoms. The SMILES string of the molecule is CN1CCN(c2cc3c(cc2F)c(=O)c(C(=O)O)c2oc4ccccc4n23)CC1.Cl. The number of carbonyl (C=O) groups is 1. The number of likely N-dealkylation sites (N-methyl/N-ethyl adjacent to an activating group) is 1. The molecule has 156 valence electrons. The van der Waals surface area contributed by atoms with Crippen molar-refractivity contribution in [2.45, 2.75) is 0 Å². The Morgan fingerprint density at radius 3 is 2.50 bits per heavy atom. The average molecular weight is 432 g/mol. The van der Waals surface area contributed by atoms with Gasteiger partial charge in [-0.05, 0) is 31.3 Å². The average Bonchev–Trinajstić information content (AvgIpc) is 3.07. The highest BCUT2D eigenvalue weighted by Gasteiger charge is 2.25. The molecule has 1 aliphatic heterocycles. The quantitative estimate of drug-likeness (QED) is 0.525. The minimum Gasteiger partial charge on any atom is -0.477 e. The molecule has 0 saturated carbocycles. The van der Waals surface area contributed by atoms with Crippen LogP contribution in [0.4, 0.5) is 10.1 Å².